The molecule has 0 aliphatic rings. The molecule has 0 rings (SSSR count). The summed E-state index contributed by atoms with van der Waals surface area (Å²) in [5, 5.41) is 0. The lowest BCUT2D eigenvalue weighted by molar-refractivity contribution is 1.04. The maximum Gasteiger partial charge on any atom is -0.0313 e. The zero-order valence-corrected chi connectivity index (χ0v) is 7.64. The van der Waals surface area contributed by atoms with Gasteiger partial charge in [0.2, 0.25) is 0 Å². The van der Waals surface area contributed by atoms with Gasteiger partial charge < -0.3 is 0 Å². The van der Waals surface area contributed by atoms with E-state index in [1.54, 1.807) is 0 Å². The van der Waals surface area contributed by atoms with Gasteiger partial charge in [0, 0.05) is 0 Å². The van der Waals surface area contributed by atoms with Crippen molar-refractivity contribution in [3.05, 3.63) is 36.5 Å². The molecule has 0 radical (unpaired) electrons. The van der Waals surface area contributed by atoms with Crippen molar-refractivity contribution in [1.82, 2.24) is 0 Å². The molecule has 0 aliphatic carbocycles. The zero-order valence-electron chi connectivity index (χ0n) is 7.64. The predicted molar refractivity (Wildman–Crippen MR) is 52.6 cm³/mol. The quantitative estimate of drug-likeness (QED) is 0.317. The molecule has 0 spiro atoms. The summed E-state index contributed by atoms with van der Waals surface area (Å²) in [5.41, 5.74) is 1.13. The second kappa shape index (κ2) is 7.33. The summed E-state index contributed by atoms with van der Waals surface area (Å²) in [4.78, 5) is 0. The topological polar surface area (TPSA) is 0 Å². The van der Waals surface area contributed by atoms with Crippen LogP contribution in [0.25, 0.3) is 0 Å². The van der Waals surface area contributed by atoms with Gasteiger partial charge in [0.15, 0.2) is 0 Å². The van der Waals surface area contributed by atoms with Crippen LogP contribution in [0.2, 0.25) is 0 Å². The van der Waals surface area contributed by atoms with Crippen molar-refractivity contribution < 1.29 is 0 Å². The molecule has 11 heavy (non-hydrogen) atoms. The molecule has 0 saturated heterocycles. The molecule has 0 heteroatoms. The van der Waals surface area contributed by atoms with E-state index in [0.29, 0.717) is 0 Å². The van der Waals surface area contributed by atoms with Crippen LogP contribution in [0.1, 0.15) is 33.1 Å². The minimum absolute atomic E-state index is 1.13. The van der Waals surface area contributed by atoms with E-state index in [1.807, 2.05) is 6.92 Å². The van der Waals surface area contributed by atoms with Crippen LogP contribution in [0.5, 0.6) is 0 Å². The van der Waals surface area contributed by atoms with E-state index >= 15 is 0 Å². The van der Waals surface area contributed by atoms with Gasteiger partial charge in [-0.2, -0.15) is 0 Å². The maximum absolute atomic E-state index is 3.78. The van der Waals surface area contributed by atoms with E-state index < -0.39 is 0 Å². The SMILES string of the molecule is C=C(C)C=CCCC=CCC. The molecule has 0 aromatic rings. The minimum atomic E-state index is 1.13. The van der Waals surface area contributed by atoms with E-state index in [4.69, 9.17) is 0 Å². The van der Waals surface area contributed by atoms with Crippen LogP contribution in [-0.4, -0.2) is 0 Å². The Hall–Kier alpha value is -0.780. The molecule has 0 fully saturated rings. The standard InChI is InChI=1S/C11H18/c1-4-5-6-7-8-9-10-11(2)3/h5-6,9-10H,2,4,7-8H2,1,3H3. The fourth-order valence-corrected chi connectivity index (χ4v) is 0.761. The first kappa shape index (κ1) is 10.2. The molecule has 0 aromatic carbocycles. The predicted octanol–water partition coefficient (Wildman–Crippen LogP) is 3.87. The fourth-order valence-electron chi connectivity index (χ4n) is 0.761. The number of allylic oxidation sites excluding steroid dienone is 5. The van der Waals surface area contributed by atoms with Gasteiger partial charge in [-0.3, -0.25) is 0 Å². The Morgan fingerprint density at radius 1 is 1.18 bits per heavy atom. The summed E-state index contributed by atoms with van der Waals surface area (Å²) < 4.78 is 0. The maximum atomic E-state index is 3.78. The summed E-state index contributed by atoms with van der Waals surface area (Å²) in [5.74, 6) is 0. The number of unbranched alkanes of at least 4 members (excludes halogenated alkanes) is 1. The minimum Gasteiger partial charge on any atom is -0.0961 e. The van der Waals surface area contributed by atoms with Gasteiger partial charge in [-0.1, -0.05) is 43.4 Å². The van der Waals surface area contributed by atoms with Crippen molar-refractivity contribution >= 4 is 0 Å². The van der Waals surface area contributed by atoms with Crippen LogP contribution < -0.4 is 0 Å². The van der Waals surface area contributed by atoms with Crippen molar-refractivity contribution in [2.75, 3.05) is 0 Å². The summed E-state index contributed by atoms with van der Waals surface area (Å²) in [6.45, 7) is 7.95. The van der Waals surface area contributed by atoms with Crippen molar-refractivity contribution in [3.63, 3.8) is 0 Å². The third-order valence-electron chi connectivity index (χ3n) is 1.30. The van der Waals surface area contributed by atoms with E-state index in [9.17, 15) is 0 Å². The molecule has 62 valence electrons. The number of hydrogen-bond donors (Lipinski definition) is 0. The van der Waals surface area contributed by atoms with E-state index in [-0.39, 0.29) is 0 Å². The smallest absolute Gasteiger partial charge is 0.0313 e. The number of hydrogen-bond acceptors (Lipinski definition) is 0. The van der Waals surface area contributed by atoms with Gasteiger partial charge in [0.1, 0.15) is 0 Å². The highest BCUT2D eigenvalue weighted by atomic mass is 13.8. The Kier molecular flexibility index (Phi) is 6.81. The van der Waals surface area contributed by atoms with Gasteiger partial charge in [-0.15, -0.1) is 0 Å². The zero-order chi connectivity index (χ0) is 8.53. The van der Waals surface area contributed by atoms with Crippen LogP contribution in [-0.2, 0) is 0 Å². The second-order valence-electron chi connectivity index (χ2n) is 2.71. The molecule has 0 unspecified atom stereocenters. The Morgan fingerprint density at radius 3 is 2.36 bits per heavy atom. The summed E-state index contributed by atoms with van der Waals surface area (Å²) in [6, 6.07) is 0. The lowest BCUT2D eigenvalue weighted by Gasteiger charge is -1.86. The van der Waals surface area contributed by atoms with E-state index in [2.05, 4.69) is 37.8 Å². The third kappa shape index (κ3) is 9.22. The Bertz CT molecular complexity index is 149. The van der Waals surface area contributed by atoms with Crippen LogP contribution in [0.4, 0.5) is 0 Å². The van der Waals surface area contributed by atoms with Crippen LogP contribution >= 0.6 is 0 Å². The van der Waals surface area contributed by atoms with Gasteiger partial charge >= 0.3 is 0 Å². The summed E-state index contributed by atoms with van der Waals surface area (Å²) in [6.07, 6.45) is 12.1. The molecule has 0 nitrogen and oxygen atoms in total. The molecule has 0 N–H and O–H groups in total. The van der Waals surface area contributed by atoms with Gasteiger partial charge in [0.25, 0.3) is 0 Å². The first-order valence-corrected chi connectivity index (χ1v) is 4.24. The average Bonchev–Trinajstić information content (AvgIpc) is 1.96. The summed E-state index contributed by atoms with van der Waals surface area (Å²) in [7, 11) is 0. The monoisotopic (exact) mass is 150 g/mol. The molecule has 0 heterocycles. The van der Waals surface area contributed by atoms with Crippen molar-refractivity contribution in [1.29, 1.82) is 0 Å². The fraction of sp³-hybridized carbons (Fsp3) is 0.455. The average molecular weight is 150 g/mol. The third-order valence-corrected chi connectivity index (χ3v) is 1.30. The molecule has 0 bridgehead atoms. The van der Waals surface area contributed by atoms with Crippen molar-refractivity contribution in [3.8, 4) is 0 Å². The largest absolute Gasteiger partial charge is 0.0961 e. The molecule has 0 aromatic heterocycles. The van der Waals surface area contributed by atoms with Crippen molar-refractivity contribution in [2.45, 2.75) is 33.1 Å². The highest BCUT2D eigenvalue weighted by Gasteiger charge is 1.76. The Morgan fingerprint density at radius 2 is 1.82 bits per heavy atom. The molecule has 0 saturated carbocycles. The summed E-state index contributed by atoms with van der Waals surface area (Å²) >= 11 is 0. The Balaban J connectivity index is 3.27. The Labute approximate surface area is 70.3 Å². The molecular weight excluding hydrogens is 132 g/mol. The molecule has 0 atom stereocenters. The van der Waals surface area contributed by atoms with Gasteiger partial charge in [0.05, 0.1) is 0 Å². The molecular formula is C11H18. The highest BCUT2D eigenvalue weighted by molar-refractivity contribution is 5.10. The van der Waals surface area contributed by atoms with Gasteiger partial charge in [-0.25, -0.2) is 0 Å². The normalized spacial score (nSPS) is 11.5. The second-order valence-corrected chi connectivity index (χ2v) is 2.71. The molecule has 0 amide bonds. The number of rotatable bonds is 5. The lowest BCUT2D eigenvalue weighted by atomic mass is 10.2. The first-order valence-electron chi connectivity index (χ1n) is 4.24. The lowest BCUT2D eigenvalue weighted by Crippen LogP contribution is -1.66. The van der Waals surface area contributed by atoms with Crippen molar-refractivity contribution in [2.24, 2.45) is 0 Å². The van der Waals surface area contributed by atoms with Crippen LogP contribution in [0, 0.1) is 0 Å². The van der Waals surface area contributed by atoms with Gasteiger partial charge in [-0.05, 0) is 26.2 Å². The van der Waals surface area contributed by atoms with E-state index in [0.717, 1.165) is 24.8 Å². The van der Waals surface area contributed by atoms with Crippen LogP contribution in [0.15, 0.2) is 36.5 Å². The van der Waals surface area contributed by atoms with E-state index in [1.165, 1.54) is 0 Å². The molecule has 0 aliphatic heterocycles. The van der Waals surface area contributed by atoms with Crippen LogP contribution in [0.3, 0.4) is 0 Å². The first-order chi connectivity index (χ1) is 5.27. The highest BCUT2D eigenvalue weighted by Crippen LogP contribution is 1.96.